The van der Waals surface area contributed by atoms with E-state index in [1.165, 1.54) is 5.56 Å². The van der Waals surface area contributed by atoms with Gasteiger partial charge in [0.1, 0.15) is 5.75 Å². The Kier molecular flexibility index (Phi) is 1.85. The lowest BCUT2D eigenvalue weighted by atomic mass is 10.1. The number of halogens is 1. The lowest BCUT2D eigenvalue weighted by Gasteiger charge is -2.07. The van der Waals surface area contributed by atoms with Crippen LogP contribution in [-0.2, 0) is 6.42 Å². The largest absolute Gasteiger partial charge is 0.508 e. The molecule has 1 aromatic rings. The predicted molar refractivity (Wildman–Crippen MR) is 51.1 cm³/mol. The first-order valence-electron chi connectivity index (χ1n) is 3.96. The topological polar surface area (TPSA) is 46.2 Å². The number of benzene rings is 1. The van der Waals surface area contributed by atoms with Gasteiger partial charge in [-0.15, -0.1) is 0 Å². The van der Waals surface area contributed by atoms with Crippen molar-refractivity contribution in [2.24, 2.45) is 5.73 Å². The highest BCUT2D eigenvalue weighted by Crippen LogP contribution is 2.39. The summed E-state index contributed by atoms with van der Waals surface area (Å²) in [5.41, 5.74) is 7.92. The number of aromatic hydroxyl groups is 1. The zero-order chi connectivity index (χ0) is 8.72. The molecule has 1 aromatic carbocycles. The summed E-state index contributed by atoms with van der Waals surface area (Å²) >= 11 is 3.44. The number of phenols is 1. The molecule has 2 nitrogen and oxygen atoms in total. The fraction of sp³-hybridized carbons (Fsp3) is 0.333. The third kappa shape index (κ3) is 1.04. The van der Waals surface area contributed by atoms with Gasteiger partial charge < -0.3 is 10.8 Å². The van der Waals surface area contributed by atoms with Crippen molar-refractivity contribution in [3.8, 4) is 5.75 Å². The molecule has 0 bridgehead atoms. The molecule has 1 aliphatic carbocycles. The SMILES string of the molecule is NC1CCc2c(Br)ccc(O)c21. The molecule has 0 aliphatic heterocycles. The lowest BCUT2D eigenvalue weighted by molar-refractivity contribution is 0.463. The summed E-state index contributed by atoms with van der Waals surface area (Å²) in [4.78, 5) is 0. The highest BCUT2D eigenvalue weighted by atomic mass is 79.9. The van der Waals surface area contributed by atoms with Crippen molar-refractivity contribution < 1.29 is 5.11 Å². The maximum atomic E-state index is 9.53. The second-order valence-electron chi connectivity index (χ2n) is 3.10. The van der Waals surface area contributed by atoms with Crippen LogP contribution in [0.5, 0.6) is 5.75 Å². The summed E-state index contributed by atoms with van der Waals surface area (Å²) in [6.45, 7) is 0. The molecule has 2 rings (SSSR count). The average Bonchev–Trinajstić information content (AvgIpc) is 2.42. The minimum Gasteiger partial charge on any atom is -0.508 e. The van der Waals surface area contributed by atoms with Gasteiger partial charge in [0, 0.05) is 16.1 Å². The van der Waals surface area contributed by atoms with Gasteiger partial charge in [0.25, 0.3) is 0 Å². The molecular formula is C9H10BrNO. The number of fused-ring (bicyclic) bond motifs is 1. The summed E-state index contributed by atoms with van der Waals surface area (Å²) in [6, 6.07) is 3.57. The van der Waals surface area contributed by atoms with Crippen LogP contribution in [0.1, 0.15) is 23.6 Å². The van der Waals surface area contributed by atoms with E-state index in [-0.39, 0.29) is 6.04 Å². The van der Waals surface area contributed by atoms with E-state index in [4.69, 9.17) is 5.73 Å². The number of hydrogen-bond acceptors (Lipinski definition) is 2. The van der Waals surface area contributed by atoms with Crippen molar-refractivity contribution in [2.75, 3.05) is 0 Å². The van der Waals surface area contributed by atoms with Crippen molar-refractivity contribution in [1.82, 2.24) is 0 Å². The van der Waals surface area contributed by atoms with Crippen molar-refractivity contribution in [2.45, 2.75) is 18.9 Å². The maximum absolute atomic E-state index is 9.53. The molecule has 12 heavy (non-hydrogen) atoms. The highest BCUT2D eigenvalue weighted by Gasteiger charge is 2.24. The normalized spacial score (nSPS) is 21.0. The molecule has 64 valence electrons. The number of rotatable bonds is 0. The molecule has 0 saturated carbocycles. The Labute approximate surface area is 79.5 Å². The van der Waals surface area contributed by atoms with Crippen LogP contribution in [0.15, 0.2) is 16.6 Å². The molecule has 1 aliphatic rings. The van der Waals surface area contributed by atoms with Crippen LogP contribution < -0.4 is 5.73 Å². The minimum atomic E-state index is 0.0116. The van der Waals surface area contributed by atoms with Gasteiger partial charge in [0.05, 0.1) is 0 Å². The summed E-state index contributed by atoms with van der Waals surface area (Å²) < 4.78 is 1.06. The van der Waals surface area contributed by atoms with Gasteiger partial charge in [-0.2, -0.15) is 0 Å². The fourth-order valence-corrected chi connectivity index (χ4v) is 2.28. The molecule has 0 amide bonds. The van der Waals surface area contributed by atoms with Crippen LogP contribution >= 0.6 is 15.9 Å². The van der Waals surface area contributed by atoms with Crippen LogP contribution in [0.4, 0.5) is 0 Å². The van der Waals surface area contributed by atoms with Crippen LogP contribution in [0, 0.1) is 0 Å². The molecule has 0 aromatic heterocycles. The number of phenolic OH excluding ortho intramolecular Hbond substituents is 1. The second kappa shape index (κ2) is 2.75. The molecule has 1 atom stereocenters. The van der Waals surface area contributed by atoms with Crippen molar-refractivity contribution >= 4 is 15.9 Å². The zero-order valence-corrected chi connectivity index (χ0v) is 8.13. The maximum Gasteiger partial charge on any atom is 0.120 e. The predicted octanol–water partition coefficient (Wildman–Crippen LogP) is 2.10. The lowest BCUT2D eigenvalue weighted by Crippen LogP contribution is -2.05. The first-order chi connectivity index (χ1) is 5.70. The van der Waals surface area contributed by atoms with Gasteiger partial charge in [0.15, 0.2) is 0 Å². The molecule has 0 radical (unpaired) electrons. The van der Waals surface area contributed by atoms with Crippen molar-refractivity contribution in [1.29, 1.82) is 0 Å². The quantitative estimate of drug-likeness (QED) is 0.714. The van der Waals surface area contributed by atoms with Gasteiger partial charge in [-0.1, -0.05) is 15.9 Å². The first kappa shape index (κ1) is 8.08. The van der Waals surface area contributed by atoms with Gasteiger partial charge in [-0.3, -0.25) is 0 Å². The summed E-state index contributed by atoms with van der Waals surface area (Å²) in [5, 5.41) is 9.53. The van der Waals surface area contributed by atoms with Gasteiger partial charge >= 0.3 is 0 Å². The van der Waals surface area contributed by atoms with Crippen LogP contribution in [0.25, 0.3) is 0 Å². The average molecular weight is 228 g/mol. The van der Waals surface area contributed by atoms with E-state index >= 15 is 0 Å². The van der Waals surface area contributed by atoms with E-state index in [0.29, 0.717) is 5.75 Å². The van der Waals surface area contributed by atoms with Crippen LogP contribution in [-0.4, -0.2) is 5.11 Å². The Hall–Kier alpha value is -0.540. The summed E-state index contributed by atoms with van der Waals surface area (Å²) in [5.74, 6) is 0.332. The van der Waals surface area contributed by atoms with E-state index < -0.39 is 0 Å². The molecule has 1 unspecified atom stereocenters. The van der Waals surface area contributed by atoms with Crippen molar-refractivity contribution in [3.05, 3.63) is 27.7 Å². The zero-order valence-electron chi connectivity index (χ0n) is 6.55. The van der Waals surface area contributed by atoms with E-state index in [1.54, 1.807) is 6.07 Å². The Morgan fingerprint density at radius 2 is 2.25 bits per heavy atom. The molecule has 3 N–H and O–H groups in total. The summed E-state index contributed by atoms with van der Waals surface area (Å²) in [6.07, 6.45) is 1.90. The van der Waals surface area contributed by atoms with E-state index in [9.17, 15) is 5.11 Å². The van der Waals surface area contributed by atoms with E-state index in [2.05, 4.69) is 15.9 Å². The fourth-order valence-electron chi connectivity index (χ4n) is 1.74. The monoisotopic (exact) mass is 227 g/mol. The number of hydrogen-bond donors (Lipinski definition) is 2. The minimum absolute atomic E-state index is 0.0116. The van der Waals surface area contributed by atoms with Gasteiger partial charge in [-0.05, 0) is 30.5 Å². The molecular weight excluding hydrogens is 218 g/mol. The molecule has 0 spiro atoms. The molecule has 0 fully saturated rings. The third-order valence-electron chi connectivity index (χ3n) is 2.35. The molecule has 3 heteroatoms. The molecule has 0 heterocycles. The third-order valence-corrected chi connectivity index (χ3v) is 3.10. The first-order valence-corrected chi connectivity index (χ1v) is 4.75. The van der Waals surface area contributed by atoms with Crippen LogP contribution in [0.3, 0.4) is 0 Å². The second-order valence-corrected chi connectivity index (χ2v) is 3.96. The Morgan fingerprint density at radius 1 is 1.50 bits per heavy atom. The van der Waals surface area contributed by atoms with Gasteiger partial charge in [-0.25, -0.2) is 0 Å². The van der Waals surface area contributed by atoms with Gasteiger partial charge in [0.2, 0.25) is 0 Å². The van der Waals surface area contributed by atoms with E-state index in [1.807, 2.05) is 6.07 Å². The Balaban J connectivity index is 2.64. The van der Waals surface area contributed by atoms with Crippen molar-refractivity contribution in [3.63, 3.8) is 0 Å². The van der Waals surface area contributed by atoms with E-state index in [0.717, 1.165) is 22.9 Å². The standard InChI is InChI=1S/C9H10BrNO/c10-6-2-4-8(12)9-5(6)1-3-7(9)11/h2,4,7,12H,1,3,11H2. The number of nitrogens with two attached hydrogens (primary N) is 1. The highest BCUT2D eigenvalue weighted by molar-refractivity contribution is 9.10. The van der Waals surface area contributed by atoms with Crippen LogP contribution in [0.2, 0.25) is 0 Å². The molecule has 0 saturated heterocycles. The Morgan fingerprint density at radius 3 is 2.92 bits per heavy atom. The smallest absolute Gasteiger partial charge is 0.120 e. The summed E-state index contributed by atoms with van der Waals surface area (Å²) in [7, 11) is 0. The Bertz CT molecular complexity index is 325.